The van der Waals surface area contributed by atoms with Gasteiger partial charge in [0.05, 0.1) is 5.02 Å². The minimum atomic E-state index is -0.393. The van der Waals surface area contributed by atoms with Crippen LogP contribution in [0.3, 0.4) is 0 Å². The SMILES string of the molecule is CC(NCCc1ncn(C)n1)c1ccc(F)c(Cl)c1. The summed E-state index contributed by atoms with van der Waals surface area (Å²) in [6.45, 7) is 2.76. The van der Waals surface area contributed by atoms with E-state index in [4.69, 9.17) is 11.6 Å². The summed E-state index contributed by atoms with van der Waals surface area (Å²) in [5.74, 6) is 0.412. The van der Waals surface area contributed by atoms with Gasteiger partial charge in [-0.1, -0.05) is 17.7 Å². The van der Waals surface area contributed by atoms with Gasteiger partial charge in [-0.15, -0.1) is 0 Å². The fourth-order valence-electron chi connectivity index (χ4n) is 1.80. The molecule has 1 heterocycles. The minimum absolute atomic E-state index is 0.0989. The molecule has 0 aliphatic rings. The number of rotatable bonds is 5. The number of halogens is 2. The third-order valence-corrected chi connectivity index (χ3v) is 3.18. The maximum absolute atomic E-state index is 13.1. The van der Waals surface area contributed by atoms with E-state index in [2.05, 4.69) is 15.4 Å². The minimum Gasteiger partial charge on any atom is -0.310 e. The molecule has 1 N–H and O–H groups in total. The molecule has 0 aliphatic carbocycles. The molecular formula is C13H16ClFN4. The number of nitrogens with one attached hydrogen (secondary N) is 1. The van der Waals surface area contributed by atoms with E-state index in [0.29, 0.717) is 0 Å². The summed E-state index contributed by atoms with van der Waals surface area (Å²) in [6.07, 6.45) is 2.43. The first kappa shape index (κ1) is 14.0. The van der Waals surface area contributed by atoms with Crippen molar-refractivity contribution in [1.82, 2.24) is 20.1 Å². The van der Waals surface area contributed by atoms with Gasteiger partial charge in [0.2, 0.25) is 0 Å². The van der Waals surface area contributed by atoms with E-state index in [1.807, 2.05) is 14.0 Å². The van der Waals surface area contributed by atoms with Gasteiger partial charge in [0.1, 0.15) is 12.1 Å². The van der Waals surface area contributed by atoms with Crippen LogP contribution in [0.2, 0.25) is 5.02 Å². The van der Waals surface area contributed by atoms with Gasteiger partial charge in [-0.3, -0.25) is 4.68 Å². The van der Waals surface area contributed by atoms with Crippen LogP contribution in [0.5, 0.6) is 0 Å². The summed E-state index contributed by atoms with van der Waals surface area (Å²) in [6, 6.07) is 4.86. The Labute approximate surface area is 116 Å². The van der Waals surface area contributed by atoms with Crippen molar-refractivity contribution in [3.63, 3.8) is 0 Å². The topological polar surface area (TPSA) is 42.7 Å². The Morgan fingerprint density at radius 2 is 2.26 bits per heavy atom. The van der Waals surface area contributed by atoms with E-state index in [0.717, 1.165) is 24.4 Å². The quantitative estimate of drug-likeness (QED) is 0.916. The molecule has 0 radical (unpaired) electrons. The summed E-state index contributed by atoms with van der Waals surface area (Å²) in [4.78, 5) is 4.15. The maximum atomic E-state index is 13.1. The zero-order chi connectivity index (χ0) is 13.8. The summed E-state index contributed by atoms with van der Waals surface area (Å²) >= 11 is 5.77. The Kier molecular flexibility index (Phi) is 4.50. The van der Waals surface area contributed by atoms with Gasteiger partial charge >= 0.3 is 0 Å². The molecule has 6 heteroatoms. The predicted octanol–water partition coefficient (Wildman–Crippen LogP) is 2.50. The molecule has 102 valence electrons. The van der Waals surface area contributed by atoms with Gasteiger partial charge in [0.15, 0.2) is 5.82 Å². The van der Waals surface area contributed by atoms with Crippen LogP contribution in [0.15, 0.2) is 24.5 Å². The average molecular weight is 283 g/mol. The number of nitrogens with zero attached hydrogens (tertiary/aromatic N) is 3. The smallest absolute Gasteiger partial charge is 0.151 e. The maximum Gasteiger partial charge on any atom is 0.151 e. The van der Waals surface area contributed by atoms with Crippen molar-refractivity contribution < 1.29 is 4.39 Å². The molecule has 19 heavy (non-hydrogen) atoms. The lowest BCUT2D eigenvalue weighted by Gasteiger charge is -2.14. The van der Waals surface area contributed by atoms with Gasteiger partial charge in [0, 0.05) is 26.1 Å². The number of hydrogen-bond donors (Lipinski definition) is 1. The Morgan fingerprint density at radius 3 is 2.89 bits per heavy atom. The third-order valence-electron chi connectivity index (χ3n) is 2.89. The van der Waals surface area contributed by atoms with E-state index >= 15 is 0 Å². The van der Waals surface area contributed by atoms with Crippen molar-refractivity contribution in [2.75, 3.05) is 6.54 Å². The van der Waals surface area contributed by atoms with Crippen LogP contribution in [-0.2, 0) is 13.5 Å². The van der Waals surface area contributed by atoms with E-state index < -0.39 is 5.82 Å². The predicted molar refractivity (Wildman–Crippen MR) is 72.5 cm³/mol. The molecular weight excluding hydrogens is 267 g/mol. The molecule has 2 aromatic rings. The Morgan fingerprint density at radius 1 is 1.47 bits per heavy atom. The molecule has 2 rings (SSSR count). The standard InChI is InChI=1S/C13H16ClFN4/c1-9(10-3-4-12(15)11(14)7-10)16-6-5-13-17-8-19(2)18-13/h3-4,7-9,16H,5-6H2,1-2H3. The Hall–Kier alpha value is -1.46. The fourth-order valence-corrected chi connectivity index (χ4v) is 1.99. The second-order valence-corrected chi connectivity index (χ2v) is 4.84. The van der Waals surface area contributed by atoms with Crippen LogP contribution in [0.4, 0.5) is 4.39 Å². The first-order chi connectivity index (χ1) is 9.06. The molecule has 0 saturated heterocycles. The van der Waals surface area contributed by atoms with Crippen molar-refractivity contribution in [2.24, 2.45) is 7.05 Å². The zero-order valence-electron chi connectivity index (χ0n) is 10.9. The monoisotopic (exact) mass is 282 g/mol. The molecule has 0 saturated carbocycles. The van der Waals surface area contributed by atoms with Crippen molar-refractivity contribution in [3.05, 3.63) is 46.8 Å². The first-order valence-electron chi connectivity index (χ1n) is 6.09. The highest BCUT2D eigenvalue weighted by atomic mass is 35.5. The Balaban J connectivity index is 1.86. The first-order valence-corrected chi connectivity index (χ1v) is 6.47. The normalized spacial score (nSPS) is 12.6. The molecule has 1 aromatic carbocycles. The van der Waals surface area contributed by atoms with Crippen molar-refractivity contribution >= 4 is 11.6 Å². The third kappa shape index (κ3) is 3.75. The van der Waals surface area contributed by atoms with E-state index in [-0.39, 0.29) is 11.1 Å². The lowest BCUT2D eigenvalue weighted by atomic mass is 10.1. The van der Waals surface area contributed by atoms with E-state index in [1.54, 1.807) is 23.1 Å². The summed E-state index contributed by atoms with van der Waals surface area (Å²) in [5.41, 5.74) is 0.959. The summed E-state index contributed by atoms with van der Waals surface area (Å²) in [7, 11) is 1.84. The van der Waals surface area contributed by atoms with Crippen molar-refractivity contribution in [1.29, 1.82) is 0 Å². The number of aryl methyl sites for hydroxylation is 1. The summed E-state index contributed by atoms with van der Waals surface area (Å²) < 4.78 is 14.7. The zero-order valence-corrected chi connectivity index (χ0v) is 11.7. The molecule has 0 spiro atoms. The largest absolute Gasteiger partial charge is 0.310 e. The highest BCUT2D eigenvalue weighted by Gasteiger charge is 2.08. The highest BCUT2D eigenvalue weighted by molar-refractivity contribution is 6.30. The molecule has 0 fully saturated rings. The molecule has 4 nitrogen and oxygen atoms in total. The average Bonchev–Trinajstić information content (AvgIpc) is 2.78. The van der Waals surface area contributed by atoms with Crippen LogP contribution < -0.4 is 5.32 Å². The van der Waals surface area contributed by atoms with E-state index in [9.17, 15) is 4.39 Å². The fraction of sp³-hybridized carbons (Fsp3) is 0.385. The molecule has 0 amide bonds. The Bertz CT molecular complexity index is 555. The van der Waals surface area contributed by atoms with Crippen LogP contribution in [0, 0.1) is 5.82 Å². The number of aromatic nitrogens is 3. The number of hydrogen-bond acceptors (Lipinski definition) is 3. The van der Waals surface area contributed by atoms with Gasteiger partial charge in [-0.05, 0) is 24.6 Å². The number of benzene rings is 1. The van der Waals surface area contributed by atoms with Crippen LogP contribution in [0.1, 0.15) is 24.4 Å². The van der Waals surface area contributed by atoms with Gasteiger partial charge in [0.25, 0.3) is 0 Å². The molecule has 1 atom stereocenters. The van der Waals surface area contributed by atoms with Gasteiger partial charge in [-0.2, -0.15) is 5.10 Å². The molecule has 1 unspecified atom stereocenters. The molecule has 0 bridgehead atoms. The second-order valence-electron chi connectivity index (χ2n) is 4.43. The molecule has 0 aliphatic heterocycles. The van der Waals surface area contributed by atoms with Crippen LogP contribution in [0.25, 0.3) is 0 Å². The van der Waals surface area contributed by atoms with Crippen LogP contribution in [-0.4, -0.2) is 21.3 Å². The second kappa shape index (κ2) is 6.12. The lowest BCUT2D eigenvalue weighted by molar-refractivity contribution is 0.565. The summed E-state index contributed by atoms with van der Waals surface area (Å²) in [5, 5.41) is 7.68. The molecule has 1 aromatic heterocycles. The van der Waals surface area contributed by atoms with Crippen molar-refractivity contribution in [2.45, 2.75) is 19.4 Å². The van der Waals surface area contributed by atoms with E-state index in [1.165, 1.54) is 6.07 Å². The van der Waals surface area contributed by atoms with Gasteiger partial charge in [-0.25, -0.2) is 9.37 Å². The van der Waals surface area contributed by atoms with Gasteiger partial charge < -0.3 is 5.32 Å². The van der Waals surface area contributed by atoms with Crippen LogP contribution >= 0.6 is 11.6 Å². The lowest BCUT2D eigenvalue weighted by Crippen LogP contribution is -2.21. The highest BCUT2D eigenvalue weighted by Crippen LogP contribution is 2.20. The van der Waals surface area contributed by atoms with Crippen molar-refractivity contribution in [3.8, 4) is 0 Å².